The number of alkyl halides is 2. The standard InChI is InChI=1S/C7H6F2O2S2/c8-7(9)11-13(10,12)6-4-2-1-3-5-6/h1-5,7H. The van der Waals surface area contributed by atoms with Gasteiger partial charge in [0.1, 0.15) is 0 Å². The Bertz CT molecular complexity index is 361. The Morgan fingerprint density at radius 2 is 1.85 bits per heavy atom. The quantitative estimate of drug-likeness (QED) is 0.785. The van der Waals surface area contributed by atoms with E-state index in [1.165, 1.54) is 12.1 Å². The van der Waals surface area contributed by atoms with Crippen LogP contribution in [0.5, 0.6) is 0 Å². The van der Waals surface area contributed by atoms with E-state index in [0.29, 0.717) is 0 Å². The molecule has 0 saturated carbocycles. The normalized spacial score (nSPS) is 15.6. The minimum absolute atomic E-state index is 0.0882. The SMILES string of the molecule is O=S(=S)(OC(F)F)c1ccccc1. The maximum absolute atomic E-state index is 11.7. The molecule has 2 nitrogen and oxygen atoms in total. The van der Waals surface area contributed by atoms with Gasteiger partial charge >= 0.3 is 6.61 Å². The second-order valence-electron chi connectivity index (χ2n) is 2.12. The Balaban J connectivity index is 2.96. The smallest absolute Gasteiger partial charge is 0.223 e. The first kappa shape index (κ1) is 10.5. The van der Waals surface area contributed by atoms with Gasteiger partial charge in [0.25, 0.3) is 0 Å². The van der Waals surface area contributed by atoms with Crippen molar-refractivity contribution in [1.82, 2.24) is 0 Å². The van der Waals surface area contributed by atoms with E-state index < -0.39 is 15.4 Å². The van der Waals surface area contributed by atoms with E-state index in [9.17, 15) is 13.0 Å². The van der Waals surface area contributed by atoms with Crippen LogP contribution in [0.4, 0.5) is 8.78 Å². The maximum atomic E-state index is 11.7. The van der Waals surface area contributed by atoms with Gasteiger partial charge in [-0.15, -0.1) is 0 Å². The molecule has 1 unspecified atom stereocenters. The molecule has 0 aliphatic heterocycles. The van der Waals surface area contributed by atoms with Crippen molar-refractivity contribution in [1.29, 1.82) is 0 Å². The Hall–Kier alpha value is -0.590. The van der Waals surface area contributed by atoms with Gasteiger partial charge < -0.3 is 0 Å². The molecule has 0 aliphatic rings. The van der Waals surface area contributed by atoms with Crippen molar-refractivity contribution >= 4 is 20.0 Å². The molecule has 0 N–H and O–H groups in total. The summed E-state index contributed by atoms with van der Waals surface area (Å²) in [6.07, 6.45) is 0. The molecule has 1 aromatic carbocycles. The van der Waals surface area contributed by atoms with Gasteiger partial charge in [0.05, 0.1) is 4.90 Å². The summed E-state index contributed by atoms with van der Waals surface area (Å²) in [5.41, 5.74) is 0. The summed E-state index contributed by atoms with van der Waals surface area (Å²) >= 11 is 4.41. The average molecular weight is 224 g/mol. The van der Waals surface area contributed by atoms with Crippen molar-refractivity contribution in [3.05, 3.63) is 30.3 Å². The third-order valence-corrected chi connectivity index (χ3v) is 3.29. The highest BCUT2D eigenvalue weighted by Crippen LogP contribution is 2.14. The second kappa shape index (κ2) is 4.08. The maximum Gasteiger partial charge on any atom is 0.357 e. The van der Waals surface area contributed by atoms with Gasteiger partial charge in [0.2, 0.25) is 0 Å². The Morgan fingerprint density at radius 1 is 1.31 bits per heavy atom. The van der Waals surface area contributed by atoms with Gasteiger partial charge in [-0.3, -0.25) is 0 Å². The molecule has 0 spiro atoms. The lowest BCUT2D eigenvalue weighted by molar-refractivity contribution is -0.0402. The Labute approximate surface area is 79.4 Å². The number of hydrogen-bond acceptors (Lipinski definition) is 3. The topological polar surface area (TPSA) is 26.3 Å². The van der Waals surface area contributed by atoms with Crippen LogP contribution in [0, 0.1) is 0 Å². The van der Waals surface area contributed by atoms with Crippen LogP contribution in [0.3, 0.4) is 0 Å². The van der Waals surface area contributed by atoms with Crippen LogP contribution in [-0.4, -0.2) is 10.8 Å². The van der Waals surface area contributed by atoms with Gasteiger partial charge in [0.15, 0.2) is 8.77 Å². The van der Waals surface area contributed by atoms with Gasteiger partial charge in [-0.25, -0.2) is 8.39 Å². The van der Waals surface area contributed by atoms with Crippen LogP contribution in [0.1, 0.15) is 0 Å². The van der Waals surface area contributed by atoms with Crippen LogP contribution in [0.25, 0.3) is 0 Å². The molecule has 0 heterocycles. The monoisotopic (exact) mass is 224 g/mol. The lowest BCUT2D eigenvalue weighted by Crippen LogP contribution is -2.08. The number of rotatable bonds is 3. The summed E-state index contributed by atoms with van der Waals surface area (Å²) in [4.78, 5) is 0.0882. The molecule has 0 radical (unpaired) electrons. The molecule has 1 rings (SSSR count). The number of benzene rings is 1. The van der Waals surface area contributed by atoms with E-state index in [1.54, 1.807) is 18.2 Å². The summed E-state index contributed by atoms with van der Waals surface area (Å²) in [7, 11) is -3.48. The van der Waals surface area contributed by atoms with Gasteiger partial charge in [-0.05, 0) is 12.1 Å². The largest absolute Gasteiger partial charge is 0.357 e. The molecule has 13 heavy (non-hydrogen) atoms. The van der Waals surface area contributed by atoms with Crippen LogP contribution >= 0.6 is 0 Å². The second-order valence-corrected chi connectivity index (χ2v) is 5.01. The summed E-state index contributed by atoms with van der Waals surface area (Å²) in [6.45, 7) is -3.12. The molecule has 0 amide bonds. The fourth-order valence-electron chi connectivity index (χ4n) is 0.738. The van der Waals surface area contributed by atoms with Crippen LogP contribution in [-0.2, 0) is 24.1 Å². The molecule has 0 fully saturated rings. The molecule has 6 heteroatoms. The highest BCUT2D eigenvalue weighted by molar-refractivity contribution is 8.30. The third-order valence-electron chi connectivity index (χ3n) is 1.23. The average Bonchev–Trinajstić information content (AvgIpc) is 2.04. The fourth-order valence-corrected chi connectivity index (χ4v) is 2.04. The van der Waals surface area contributed by atoms with E-state index in [0.717, 1.165) is 0 Å². The summed E-state index contributed by atoms with van der Waals surface area (Å²) in [5, 5.41) is 0. The zero-order valence-electron chi connectivity index (χ0n) is 6.35. The Kier molecular flexibility index (Phi) is 3.29. The van der Waals surface area contributed by atoms with Crippen LogP contribution in [0.15, 0.2) is 35.2 Å². The first-order valence-corrected chi connectivity index (χ1v) is 5.70. The molecular formula is C7H6F2O2S2. The van der Waals surface area contributed by atoms with Gasteiger partial charge in [-0.1, -0.05) is 18.2 Å². The molecule has 0 bridgehead atoms. The fraction of sp³-hybridized carbons (Fsp3) is 0.143. The van der Waals surface area contributed by atoms with Crippen LogP contribution < -0.4 is 0 Å². The van der Waals surface area contributed by atoms with Crippen molar-refractivity contribution in [2.75, 3.05) is 0 Å². The van der Waals surface area contributed by atoms with E-state index in [-0.39, 0.29) is 4.90 Å². The highest BCUT2D eigenvalue weighted by Gasteiger charge is 2.15. The predicted molar refractivity (Wildman–Crippen MR) is 47.3 cm³/mol. The van der Waals surface area contributed by atoms with E-state index in [1.807, 2.05) is 0 Å². The molecule has 0 saturated heterocycles. The van der Waals surface area contributed by atoms with Gasteiger partial charge in [0, 0.05) is 11.2 Å². The summed E-state index contributed by atoms with van der Waals surface area (Å²) < 4.78 is 38.6. The lowest BCUT2D eigenvalue weighted by atomic mass is 10.4. The van der Waals surface area contributed by atoms with E-state index in [2.05, 4.69) is 15.4 Å². The molecule has 0 aromatic heterocycles. The van der Waals surface area contributed by atoms with Crippen molar-refractivity contribution < 1.29 is 17.2 Å². The molecule has 72 valence electrons. The first-order chi connectivity index (χ1) is 6.02. The van der Waals surface area contributed by atoms with E-state index >= 15 is 0 Å². The van der Waals surface area contributed by atoms with Crippen LogP contribution in [0.2, 0.25) is 0 Å². The van der Waals surface area contributed by atoms with Crippen molar-refractivity contribution in [2.45, 2.75) is 11.5 Å². The van der Waals surface area contributed by atoms with Crippen molar-refractivity contribution in [2.24, 2.45) is 0 Å². The van der Waals surface area contributed by atoms with Crippen molar-refractivity contribution in [3.8, 4) is 0 Å². The third kappa shape index (κ3) is 2.98. The number of hydrogen-bond donors (Lipinski definition) is 0. The summed E-state index contributed by atoms with van der Waals surface area (Å²) in [6, 6.07) is 7.54. The molecule has 1 atom stereocenters. The minimum Gasteiger partial charge on any atom is -0.223 e. The van der Waals surface area contributed by atoms with E-state index in [4.69, 9.17) is 0 Å². The first-order valence-electron chi connectivity index (χ1n) is 3.29. The molecule has 0 aliphatic carbocycles. The van der Waals surface area contributed by atoms with Crippen molar-refractivity contribution in [3.63, 3.8) is 0 Å². The van der Waals surface area contributed by atoms with Gasteiger partial charge in [-0.2, -0.15) is 8.78 Å². The lowest BCUT2D eigenvalue weighted by Gasteiger charge is -2.05. The minimum atomic E-state index is -3.48. The zero-order valence-corrected chi connectivity index (χ0v) is 7.99. The highest BCUT2D eigenvalue weighted by atomic mass is 32.8. The molecule has 1 aromatic rings. The number of halogens is 2. The zero-order chi connectivity index (χ0) is 9.90. The molecular weight excluding hydrogens is 218 g/mol. The summed E-state index contributed by atoms with van der Waals surface area (Å²) in [5.74, 6) is 0. The Morgan fingerprint density at radius 3 is 2.31 bits per heavy atom. The predicted octanol–water partition coefficient (Wildman–Crippen LogP) is 1.95.